The molecule has 1 amide bonds. The second-order valence-electron chi connectivity index (χ2n) is 8.58. The van der Waals surface area contributed by atoms with Gasteiger partial charge in [-0.3, -0.25) is 9.69 Å². The van der Waals surface area contributed by atoms with Crippen LogP contribution in [-0.2, 0) is 4.79 Å². The third-order valence-electron chi connectivity index (χ3n) is 6.73. The predicted octanol–water partition coefficient (Wildman–Crippen LogP) is 3.54. The lowest BCUT2D eigenvalue weighted by Gasteiger charge is -2.70. The SMILES string of the molecule is CC(=O)N1CC2(C1)[C@H](c1ccc(-c3cccc(C#N)c3)cc1)[C@@H](CO)N2CCC(F)(F)F. The van der Waals surface area contributed by atoms with E-state index in [0.717, 1.165) is 16.7 Å². The summed E-state index contributed by atoms with van der Waals surface area (Å²) in [5, 5.41) is 19.1. The van der Waals surface area contributed by atoms with Crippen LogP contribution in [0.4, 0.5) is 13.2 Å². The van der Waals surface area contributed by atoms with E-state index >= 15 is 0 Å². The van der Waals surface area contributed by atoms with Crippen molar-refractivity contribution in [2.75, 3.05) is 26.2 Å². The fraction of sp³-hybridized carbons (Fsp3) is 0.417. The van der Waals surface area contributed by atoms with E-state index < -0.39 is 24.2 Å². The van der Waals surface area contributed by atoms with Crippen LogP contribution >= 0.6 is 0 Å². The third-order valence-corrected chi connectivity index (χ3v) is 6.73. The average molecular weight is 443 g/mol. The average Bonchev–Trinajstić information content (AvgIpc) is 2.71. The van der Waals surface area contributed by atoms with Crippen molar-refractivity contribution in [3.8, 4) is 17.2 Å². The molecule has 8 heteroatoms. The van der Waals surface area contributed by atoms with Crippen molar-refractivity contribution in [2.45, 2.75) is 37.0 Å². The molecular weight excluding hydrogens is 419 g/mol. The summed E-state index contributed by atoms with van der Waals surface area (Å²) < 4.78 is 38.7. The van der Waals surface area contributed by atoms with Crippen molar-refractivity contribution in [1.29, 1.82) is 5.26 Å². The van der Waals surface area contributed by atoms with Crippen molar-refractivity contribution in [2.24, 2.45) is 0 Å². The molecule has 2 atom stereocenters. The zero-order chi connectivity index (χ0) is 23.1. The first-order valence-corrected chi connectivity index (χ1v) is 10.5. The maximum Gasteiger partial charge on any atom is 0.390 e. The van der Waals surface area contributed by atoms with Crippen molar-refractivity contribution in [3.05, 3.63) is 59.7 Å². The Bertz CT molecular complexity index is 1040. The number of benzene rings is 2. The summed E-state index contributed by atoms with van der Waals surface area (Å²) in [5.74, 6) is -0.277. The molecule has 0 aromatic heterocycles. The highest BCUT2D eigenvalue weighted by atomic mass is 19.4. The highest BCUT2D eigenvalue weighted by molar-refractivity contribution is 5.75. The molecule has 2 aromatic carbocycles. The Balaban J connectivity index is 1.60. The third kappa shape index (κ3) is 3.87. The quantitative estimate of drug-likeness (QED) is 0.768. The largest absolute Gasteiger partial charge is 0.395 e. The smallest absolute Gasteiger partial charge is 0.390 e. The number of likely N-dealkylation sites (tertiary alicyclic amines) is 2. The van der Waals surface area contributed by atoms with Gasteiger partial charge in [0.15, 0.2) is 0 Å². The van der Waals surface area contributed by atoms with Gasteiger partial charge < -0.3 is 10.0 Å². The zero-order valence-electron chi connectivity index (χ0n) is 17.6. The fourth-order valence-electron chi connectivity index (χ4n) is 5.20. The van der Waals surface area contributed by atoms with E-state index in [1.165, 1.54) is 6.92 Å². The molecule has 168 valence electrons. The molecule has 4 rings (SSSR count). The van der Waals surface area contributed by atoms with Crippen LogP contribution in [0.25, 0.3) is 11.1 Å². The van der Waals surface area contributed by atoms with Crippen LogP contribution < -0.4 is 0 Å². The lowest BCUT2D eigenvalue weighted by atomic mass is 9.60. The molecule has 0 unspecified atom stereocenters. The minimum absolute atomic E-state index is 0.106. The Morgan fingerprint density at radius 2 is 1.88 bits per heavy atom. The molecule has 2 heterocycles. The van der Waals surface area contributed by atoms with Crippen molar-refractivity contribution >= 4 is 5.91 Å². The van der Waals surface area contributed by atoms with Crippen LogP contribution in [0.1, 0.15) is 30.4 Å². The van der Waals surface area contributed by atoms with Gasteiger partial charge in [0, 0.05) is 38.5 Å². The van der Waals surface area contributed by atoms with Gasteiger partial charge in [0.05, 0.1) is 30.2 Å². The highest BCUT2D eigenvalue weighted by Crippen LogP contribution is 2.54. The Morgan fingerprint density at radius 1 is 1.19 bits per heavy atom. The Hall–Kier alpha value is -2.89. The number of aliphatic hydroxyl groups excluding tert-OH is 1. The van der Waals surface area contributed by atoms with Gasteiger partial charge in [-0.25, -0.2) is 0 Å². The van der Waals surface area contributed by atoms with Gasteiger partial charge in [0.2, 0.25) is 5.91 Å². The second kappa shape index (κ2) is 8.23. The molecule has 0 bridgehead atoms. The lowest BCUT2D eigenvalue weighted by Crippen LogP contribution is -2.85. The van der Waals surface area contributed by atoms with Gasteiger partial charge in [0.25, 0.3) is 0 Å². The molecule has 2 aliphatic heterocycles. The van der Waals surface area contributed by atoms with E-state index in [1.807, 2.05) is 36.4 Å². The van der Waals surface area contributed by atoms with E-state index in [0.29, 0.717) is 18.7 Å². The number of alkyl halides is 3. The number of aliphatic hydroxyl groups is 1. The molecule has 1 N–H and O–H groups in total. The maximum atomic E-state index is 12.9. The first-order valence-electron chi connectivity index (χ1n) is 10.5. The van der Waals surface area contributed by atoms with E-state index in [9.17, 15) is 23.1 Å². The molecule has 0 aliphatic carbocycles. The molecule has 2 aromatic rings. The van der Waals surface area contributed by atoms with Crippen LogP contribution in [0.15, 0.2) is 48.5 Å². The van der Waals surface area contributed by atoms with Gasteiger partial charge in [-0.1, -0.05) is 36.4 Å². The number of nitriles is 1. The number of carbonyl (C=O) groups is 1. The zero-order valence-corrected chi connectivity index (χ0v) is 17.6. The lowest BCUT2D eigenvalue weighted by molar-refractivity contribution is -0.209. The molecule has 0 radical (unpaired) electrons. The van der Waals surface area contributed by atoms with Crippen molar-refractivity contribution in [1.82, 2.24) is 9.80 Å². The standard InChI is InChI=1S/C24H24F3N3O2/c1-16(32)29-14-23(15-29)22(21(13-31)30(23)10-9-24(25,26)27)19-7-5-18(6-8-19)20-4-2-3-17(11-20)12-28/h2-8,11,21-22,31H,9-10,13-15H2,1H3/t21-,22-/m1/s1. The molecule has 2 aliphatic rings. The van der Waals surface area contributed by atoms with E-state index in [1.54, 1.807) is 21.9 Å². The van der Waals surface area contributed by atoms with E-state index in [-0.39, 0.29) is 25.0 Å². The summed E-state index contributed by atoms with van der Waals surface area (Å²) in [6.45, 7) is 1.71. The summed E-state index contributed by atoms with van der Waals surface area (Å²) in [5.41, 5.74) is 2.72. The summed E-state index contributed by atoms with van der Waals surface area (Å²) in [4.78, 5) is 15.1. The van der Waals surface area contributed by atoms with E-state index in [4.69, 9.17) is 5.26 Å². The molecule has 1 spiro atoms. The topological polar surface area (TPSA) is 67.6 Å². The summed E-state index contributed by atoms with van der Waals surface area (Å²) >= 11 is 0. The number of hydrogen-bond donors (Lipinski definition) is 1. The van der Waals surface area contributed by atoms with Gasteiger partial charge in [-0.2, -0.15) is 18.4 Å². The summed E-state index contributed by atoms with van der Waals surface area (Å²) in [6.07, 6.45) is -5.23. The van der Waals surface area contributed by atoms with Crippen LogP contribution in [-0.4, -0.2) is 64.8 Å². The van der Waals surface area contributed by atoms with Crippen LogP contribution in [0.2, 0.25) is 0 Å². The number of nitrogens with zero attached hydrogens (tertiary/aromatic N) is 3. The molecule has 2 fully saturated rings. The van der Waals surface area contributed by atoms with Gasteiger partial charge in [0.1, 0.15) is 0 Å². The predicted molar refractivity (Wildman–Crippen MR) is 113 cm³/mol. The first kappa shape index (κ1) is 22.3. The monoisotopic (exact) mass is 443 g/mol. The van der Waals surface area contributed by atoms with Gasteiger partial charge in [-0.15, -0.1) is 0 Å². The van der Waals surface area contributed by atoms with Crippen molar-refractivity contribution in [3.63, 3.8) is 0 Å². The molecule has 5 nitrogen and oxygen atoms in total. The van der Waals surface area contributed by atoms with Gasteiger partial charge >= 0.3 is 6.18 Å². The summed E-state index contributed by atoms with van der Waals surface area (Å²) in [6, 6.07) is 16.7. The number of carbonyl (C=O) groups excluding carboxylic acids is 1. The number of halogens is 3. The minimum atomic E-state index is -4.28. The molecule has 2 saturated heterocycles. The molecule has 32 heavy (non-hydrogen) atoms. The number of hydrogen-bond acceptors (Lipinski definition) is 4. The van der Waals surface area contributed by atoms with Gasteiger partial charge in [-0.05, 0) is 28.8 Å². The minimum Gasteiger partial charge on any atom is -0.395 e. The normalized spacial score (nSPS) is 22.2. The first-order chi connectivity index (χ1) is 15.2. The maximum absolute atomic E-state index is 12.9. The highest BCUT2D eigenvalue weighted by Gasteiger charge is 2.66. The number of amides is 1. The Morgan fingerprint density at radius 3 is 2.44 bits per heavy atom. The van der Waals surface area contributed by atoms with Crippen LogP contribution in [0, 0.1) is 11.3 Å². The van der Waals surface area contributed by atoms with Crippen LogP contribution in [0.5, 0.6) is 0 Å². The van der Waals surface area contributed by atoms with Crippen LogP contribution in [0.3, 0.4) is 0 Å². The van der Waals surface area contributed by atoms with E-state index in [2.05, 4.69) is 6.07 Å². The van der Waals surface area contributed by atoms with Crippen molar-refractivity contribution < 1.29 is 23.1 Å². The fourth-order valence-corrected chi connectivity index (χ4v) is 5.20. The molecular formula is C24H24F3N3O2. The second-order valence-corrected chi connectivity index (χ2v) is 8.58. The Labute approximate surface area is 184 Å². The summed E-state index contributed by atoms with van der Waals surface area (Å²) in [7, 11) is 0. The molecule has 0 saturated carbocycles. The number of rotatable bonds is 5. The Kier molecular flexibility index (Phi) is 5.74.